The Balaban J connectivity index is 1.24. The van der Waals surface area contributed by atoms with Crippen molar-refractivity contribution >= 4 is 22.9 Å². The van der Waals surface area contributed by atoms with Crippen molar-refractivity contribution in [3.8, 4) is 11.5 Å². The Kier molecular flexibility index (Phi) is 9.78. The molecule has 1 amide bonds. The van der Waals surface area contributed by atoms with E-state index in [1.165, 1.54) is 17.2 Å². The summed E-state index contributed by atoms with van der Waals surface area (Å²) < 4.78 is 25.9. The number of benzene rings is 4. The van der Waals surface area contributed by atoms with Crippen LogP contribution in [0, 0.1) is 0 Å². The standard InChI is InChI=1S/C38H34N8O6/c1-49-28-17-13-26(14-18-28)38(25-11-7-4-8-12-25,27-15-19-29(50-2)20-16-27)51-21-30-31(44-45-39)33(47)37(52-30)46-23-42-32-34(40-22-41-35(32)46)43-36(48)24-9-5-3-6-10-24/h3-20,22-23,30-31,33,37,47H,21H2,1-2H3,(H,40,41,43,48)/t30-,31?,33+,37-/m1/s1. The van der Waals surface area contributed by atoms with Gasteiger partial charge in [0.2, 0.25) is 0 Å². The minimum absolute atomic E-state index is 0.107. The number of methoxy groups -OCH3 is 2. The molecule has 1 unspecified atom stereocenters. The molecule has 2 N–H and O–H groups in total. The van der Waals surface area contributed by atoms with E-state index in [-0.39, 0.29) is 23.8 Å². The van der Waals surface area contributed by atoms with Gasteiger partial charge in [0.25, 0.3) is 5.91 Å². The maximum atomic E-state index is 12.9. The number of rotatable bonds is 12. The molecule has 0 aliphatic carbocycles. The quantitative estimate of drug-likeness (QED) is 0.0667. The number of imidazole rings is 1. The predicted molar refractivity (Wildman–Crippen MR) is 191 cm³/mol. The fraction of sp³-hybridized carbons (Fsp3) is 0.211. The van der Waals surface area contributed by atoms with Crippen LogP contribution in [0.2, 0.25) is 0 Å². The van der Waals surface area contributed by atoms with Gasteiger partial charge in [-0.2, -0.15) is 0 Å². The van der Waals surface area contributed by atoms with Crippen molar-refractivity contribution in [1.29, 1.82) is 0 Å². The number of fused-ring (bicyclic) bond motifs is 1. The van der Waals surface area contributed by atoms with E-state index in [0.29, 0.717) is 22.7 Å². The highest BCUT2D eigenvalue weighted by atomic mass is 16.6. The van der Waals surface area contributed by atoms with Crippen molar-refractivity contribution in [2.24, 2.45) is 5.11 Å². The van der Waals surface area contributed by atoms with Crippen LogP contribution in [0.3, 0.4) is 0 Å². The number of aromatic nitrogens is 4. The first kappa shape index (κ1) is 34.2. The monoisotopic (exact) mass is 698 g/mol. The summed E-state index contributed by atoms with van der Waals surface area (Å²) in [7, 11) is 3.21. The molecule has 6 aromatic rings. The average molecular weight is 699 g/mol. The molecule has 0 radical (unpaired) electrons. The average Bonchev–Trinajstić information content (AvgIpc) is 3.77. The smallest absolute Gasteiger partial charge is 0.256 e. The van der Waals surface area contributed by atoms with Crippen LogP contribution >= 0.6 is 0 Å². The number of amides is 1. The molecule has 1 fully saturated rings. The zero-order chi connectivity index (χ0) is 36.1. The minimum atomic E-state index is -1.31. The molecular formula is C38H34N8O6. The number of anilines is 1. The van der Waals surface area contributed by atoms with Crippen LogP contribution in [0.15, 0.2) is 127 Å². The molecule has 3 heterocycles. The van der Waals surface area contributed by atoms with Gasteiger partial charge in [0, 0.05) is 10.5 Å². The third kappa shape index (κ3) is 6.38. The summed E-state index contributed by atoms with van der Waals surface area (Å²) in [6.07, 6.45) is -0.578. The van der Waals surface area contributed by atoms with Gasteiger partial charge < -0.3 is 29.4 Å². The second-order valence-corrected chi connectivity index (χ2v) is 11.9. The van der Waals surface area contributed by atoms with E-state index in [9.17, 15) is 15.4 Å². The summed E-state index contributed by atoms with van der Waals surface area (Å²) in [5.41, 5.74) is 11.8. The molecule has 0 spiro atoms. The van der Waals surface area contributed by atoms with Crippen LogP contribution in [0.5, 0.6) is 11.5 Å². The van der Waals surface area contributed by atoms with Gasteiger partial charge in [-0.1, -0.05) is 77.9 Å². The fourth-order valence-electron chi connectivity index (χ4n) is 6.48. The summed E-state index contributed by atoms with van der Waals surface area (Å²) in [4.78, 5) is 29.0. The van der Waals surface area contributed by atoms with Crippen LogP contribution in [0.25, 0.3) is 21.6 Å². The Hall–Kier alpha value is -6.31. The first-order valence-corrected chi connectivity index (χ1v) is 16.4. The van der Waals surface area contributed by atoms with Crippen molar-refractivity contribution in [3.05, 3.63) is 155 Å². The topological polar surface area (TPSA) is 179 Å². The molecular weight excluding hydrogens is 664 g/mol. The van der Waals surface area contributed by atoms with Gasteiger partial charge in [-0.05, 0) is 58.6 Å². The lowest BCUT2D eigenvalue weighted by Crippen LogP contribution is -2.39. The maximum Gasteiger partial charge on any atom is 0.256 e. The van der Waals surface area contributed by atoms with Gasteiger partial charge in [-0.15, -0.1) is 0 Å². The normalized spacial score (nSPS) is 18.4. The molecule has 1 aliphatic heterocycles. The predicted octanol–water partition coefficient (Wildman–Crippen LogP) is 6.04. The van der Waals surface area contributed by atoms with Gasteiger partial charge >= 0.3 is 0 Å². The van der Waals surface area contributed by atoms with Gasteiger partial charge in [-0.25, -0.2) is 15.0 Å². The molecule has 1 aliphatic rings. The van der Waals surface area contributed by atoms with Crippen LogP contribution in [0.1, 0.15) is 33.3 Å². The van der Waals surface area contributed by atoms with E-state index >= 15 is 0 Å². The van der Waals surface area contributed by atoms with Crippen molar-refractivity contribution < 1.29 is 28.8 Å². The van der Waals surface area contributed by atoms with Crippen molar-refractivity contribution in [2.45, 2.75) is 30.1 Å². The second-order valence-electron chi connectivity index (χ2n) is 11.9. The molecule has 4 aromatic carbocycles. The highest BCUT2D eigenvalue weighted by Gasteiger charge is 2.47. The fourth-order valence-corrected chi connectivity index (χ4v) is 6.48. The van der Waals surface area contributed by atoms with Gasteiger partial charge in [0.15, 0.2) is 23.2 Å². The van der Waals surface area contributed by atoms with E-state index in [4.69, 9.17) is 18.9 Å². The largest absolute Gasteiger partial charge is 0.497 e. The number of hydrogen-bond acceptors (Lipinski definition) is 10. The highest BCUT2D eigenvalue weighted by Crippen LogP contribution is 2.43. The third-order valence-electron chi connectivity index (χ3n) is 9.06. The van der Waals surface area contributed by atoms with Gasteiger partial charge in [0.05, 0.1) is 39.3 Å². The lowest BCUT2D eigenvalue weighted by atomic mass is 9.80. The lowest BCUT2D eigenvalue weighted by Gasteiger charge is -2.37. The minimum Gasteiger partial charge on any atom is -0.497 e. The molecule has 2 aromatic heterocycles. The maximum absolute atomic E-state index is 12.9. The SMILES string of the molecule is COc1ccc(C(OC[C@H]2O[C@@H](n3cnc4c(NC(=O)c5ccccc5)ncnc43)[C@@H](O)C2N=[N+]=[N-])(c2ccccc2)c2ccc(OC)cc2)cc1. The molecule has 14 nitrogen and oxygen atoms in total. The summed E-state index contributed by atoms with van der Waals surface area (Å²) in [5, 5.41) is 18.3. The van der Waals surface area contributed by atoms with Crippen molar-refractivity contribution in [2.75, 3.05) is 26.1 Å². The number of ether oxygens (including phenoxy) is 4. The van der Waals surface area contributed by atoms with Crippen LogP contribution < -0.4 is 14.8 Å². The van der Waals surface area contributed by atoms with Crippen LogP contribution in [-0.2, 0) is 15.1 Å². The molecule has 0 saturated carbocycles. The molecule has 7 rings (SSSR count). The second kappa shape index (κ2) is 14.9. The van der Waals surface area contributed by atoms with E-state index in [0.717, 1.165) is 16.7 Å². The van der Waals surface area contributed by atoms with Gasteiger partial charge in [0.1, 0.15) is 29.5 Å². The molecule has 52 heavy (non-hydrogen) atoms. The summed E-state index contributed by atoms with van der Waals surface area (Å²) >= 11 is 0. The Morgan fingerprint density at radius 1 is 0.885 bits per heavy atom. The van der Waals surface area contributed by atoms with E-state index in [1.54, 1.807) is 38.5 Å². The Morgan fingerprint density at radius 3 is 2.08 bits per heavy atom. The molecule has 1 saturated heterocycles. The number of carbonyl (C=O) groups excluding carboxylic acids is 1. The highest BCUT2D eigenvalue weighted by molar-refractivity contribution is 6.06. The van der Waals surface area contributed by atoms with Crippen molar-refractivity contribution in [3.63, 3.8) is 0 Å². The molecule has 262 valence electrons. The zero-order valence-electron chi connectivity index (χ0n) is 28.2. The zero-order valence-corrected chi connectivity index (χ0v) is 28.2. The number of carbonyl (C=O) groups is 1. The number of aliphatic hydroxyl groups excluding tert-OH is 1. The number of hydrogen-bond donors (Lipinski definition) is 2. The van der Waals surface area contributed by atoms with Crippen LogP contribution in [-0.4, -0.2) is 69.6 Å². The molecule has 14 heteroatoms. The summed E-state index contributed by atoms with van der Waals surface area (Å²) in [6, 6.07) is 32.5. The van der Waals surface area contributed by atoms with E-state index < -0.39 is 30.1 Å². The Labute approximate surface area is 298 Å². The van der Waals surface area contributed by atoms with Gasteiger partial charge in [-0.3, -0.25) is 9.36 Å². The van der Waals surface area contributed by atoms with Crippen LogP contribution in [0.4, 0.5) is 5.82 Å². The number of aliphatic hydroxyl groups is 1. The third-order valence-corrected chi connectivity index (χ3v) is 9.06. The molecule has 4 atom stereocenters. The Bertz CT molecular complexity index is 2150. The van der Waals surface area contributed by atoms with Crippen molar-refractivity contribution in [1.82, 2.24) is 19.5 Å². The number of nitrogens with one attached hydrogen (secondary N) is 1. The number of nitrogens with zero attached hydrogens (tertiary/aromatic N) is 7. The van der Waals surface area contributed by atoms with E-state index in [1.807, 2.05) is 84.9 Å². The first-order valence-electron chi connectivity index (χ1n) is 16.4. The number of azide groups is 1. The van der Waals surface area contributed by atoms with E-state index in [2.05, 4.69) is 30.3 Å². The lowest BCUT2D eigenvalue weighted by molar-refractivity contribution is -0.0860. The summed E-state index contributed by atoms with van der Waals surface area (Å²) in [5.74, 6) is 1.16. The Morgan fingerprint density at radius 2 is 1.48 bits per heavy atom. The molecule has 0 bridgehead atoms. The summed E-state index contributed by atoms with van der Waals surface area (Å²) in [6.45, 7) is -0.107. The first-order chi connectivity index (χ1) is 25.5.